The molecule has 2 rings (SSSR count). The third-order valence-corrected chi connectivity index (χ3v) is 6.62. The van der Waals surface area contributed by atoms with E-state index in [1.54, 1.807) is 19.1 Å². The Morgan fingerprint density at radius 1 is 1.35 bits per heavy atom. The molecule has 1 aliphatic heterocycles. The predicted octanol–water partition coefficient (Wildman–Crippen LogP) is 1.69. The molecule has 0 aromatic heterocycles. The largest absolute Gasteiger partial charge is 0.481 e. The number of benzene rings is 1. The zero-order chi connectivity index (χ0) is 19.3. The molecule has 0 bridgehead atoms. The van der Waals surface area contributed by atoms with Crippen molar-refractivity contribution in [1.82, 2.24) is 9.62 Å². The topological polar surface area (TPSA) is 104 Å². The minimum absolute atomic E-state index is 0.00614. The summed E-state index contributed by atoms with van der Waals surface area (Å²) in [5.74, 6) is -1.76. The van der Waals surface area contributed by atoms with Crippen LogP contribution in [0.15, 0.2) is 24.3 Å². The maximum Gasteiger partial charge on any atom is 0.305 e. The lowest BCUT2D eigenvalue weighted by Gasteiger charge is -2.32. The lowest BCUT2D eigenvalue weighted by atomic mass is 9.95. The molecule has 144 valence electrons. The molecule has 8 heteroatoms. The van der Waals surface area contributed by atoms with Crippen LogP contribution in [0.3, 0.4) is 0 Å². The minimum atomic E-state index is -3.33. The van der Waals surface area contributed by atoms with Gasteiger partial charge in [0, 0.05) is 13.1 Å². The first-order valence-electron chi connectivity index (χ1n) is 8.80. The van der Waals surface area contributed by atoms with E-state index in [-0.39, 0.29) is 24.6 Å². The summed E-state index contributed by atoms with van der Waals surface area (Å²) in [7, 11) is -3.33. The Balaban J connectivity index is 2.14. The second kappa shape index (κ2) is 8.64. The zero-order valence-electron chi connectivity index (χ0n) is 15.1. The number of nitrogens with one attached hydrogen (secondary N) is 1. The van der Waals surface area contributed by atoms with Gasteiger partial charge >= 0.3 is 5.97 Å². The van der Waals surface area contributed by atoms with E-state index in [0.29, 0.717) is 19.4 Å². The van der Waals surface area contributed by atoms with E-state index in [9.17, 15) is 23.1 Å². The Hall–Kier alpha value is -1.93. The number of nitrogens with zero attached hydrogens (tertiary/aromatic N) is 1. The van der Waals surface area contributed by atoms with E-state index in [1.807, 2.05) is 19.1 Å². The second-order valence-corrected chi connectivity index (χ2v) is 8.87. The molecule has 2 unspecified atom stereocenters. The van der Waals surface area contributed by atoms with Crippen LogP contribution >= 0.6 is 0 Å². The first-order chi connectivity index (χ1) is 12.2. The SMILES string of the molecule is CCS(=O)(=O)N1CCCC(C(=O)NC(CC(=O)O)c2ccccc2C)C1. The van der Waals surface area contributed by atoms with Gasteiger partial charge in [0.1, 0.15) is 0 Å². The number of sulfonamides is 1. The van der Waals surface area contributed by atoms with Gasteiger partial charge in [-0.25, -0.2) is 12.7 Å². The quantitative estimate of drug-likeness (QED) is 0.747. The van der Waals surface area contributed by atoms with Crippen LogP contribution in [0, 0.1) is 12.8 Å². The summed E-state index contributed by atoms with van der Waals surface area (Å²) in [4.78, 5) is 23.9. The molecule has 0 spiro atoms. The summed E-state index contributed by atoms with van der Waals surface area (Å²) in [5, 5.41) is 12.0. The Morgan fingerprint density at radius 3 is 2.65 bits per heavy atom. The number of aryl methyl sites for hydroxylation is 1. The highest BCUT2D eigenvalue weighted by Gasteiger charge is 2.32. The third kappa shape index (κ3) is 5.04. The van der Waals surface area contributed by atoms with E-state index >= 15 is 0 Å². The molecule has 0 saturated carbocycles. The van der Waals surface area contributed by atoms with Gasteiger partial charge in [0.25, 0.3) is 0 Å². The molecule has 1 aromatic rings. The number of piperidine rings is 1. The van der Waals surface area contributed by atoms with E-state index in [1.165, 1.54) is 4.31 Å². The molecule has 1 heterocycles. The highest BCUT2D eigenvalue weighted by atomic mass is 32.2. The van der Waals surface area contributed by atoms with Crippen LogP contribution in [0.5, 0.6) is 0 Å². The summed E-state index contributed by atoms with van der Waals surface area (Å²) in [6.07, 6.45) is 0.987. The first-order valence-corrected chi connectivity index (χ1v) is 10.4. The van der Waals surface area contributed by atoms with E-state index in [4.69, 9.17) is 0 Å². The second-order valence-electron chi connectivity index (χ2n) is 6.61. The third-order valence-electron chi connectivity index (χ3n) is 4.77. The van der Waals surface area contributed by atoms with Crippen LogP contribution in [0.25, 0.3) is 0 Å². The van der Waals surface area contributed by atoms with Crippen molar-refractivity contribution in [2.75, 3.05) is 18.8 Å². The molecule has 2 atom stereocenters. The predicted molar refractivity (Wildman–Crippen MR) is 98.1 cm³/mol. The van der Waals surface area contributed by atoms with Crippen molar-refractivity contribution in [3.8, 4) is 0 Å². The number of amides is 1. The fraction of sp³-hybridized carbons (Fsp3) is 0.556. The number of hydrogen-bond donors (Lipinski definition) is 2. The van der Waals surface area contributed by atoms with Crippen LogP contribution < -0.4 is 5.32 Å². The van der Waals surface area contributed by atoms with Crippen molar-refractivity contribution in [3.63, 3.8) is 0 Å². The Morgan fingerprint density at radius 2 is 2.04 bits per heavy atom. The molecule has 1 aliphatic rings. The monoisotopic (exact) mass is 382 g/mol. The number of hydrogen-bond acceptors (Lipinski definition) is 4. The van der Waals surface area contributed by atoms with Gasteiger partial charge in [-0.15, -0.1) is 0 Å². The maximum atomic E-state index is 12.7. The fourth-order valence-corrected chi connectivity index (χ4v) is 4.45. The van der Waals surface area contributed by atoms with Gasteiger partial charge in [0.05, 0.1) is 24.1 Å². The number of rotatable bonds is 7. The van der Waals surface area contributed by atoms with Crippen molar-refractivity contribution < 1.29 is 23.1 Å². The van der Waals surface area contributed by atoms with Gasteiger partial charge in [-0.2, -0.15) is 0 Å². The van der Waals surface area contributed by atoms with Crippen molar-refractivity contribution in [3.05, 3.63) is 35.4 Å². The summed E-state index contributed by atoms with van der Waals surface area (Å²) in [6, 6.07) is 6.69. The highest BCUT2D eigenvalue weighted by molar-refractivity contribution is 7.89. The molecule has 1 amide bonds. The van der Waals surface area contributed by atoms with Gasteiger partial charge in [-0.1, -0.05) is 24.3 Å². The van der Waals surface area contributed by atoms with E-state index < -0.39 is 28.0 Å². The molecule has 7 nitrogen and oxygen atoms in total. The smallest absolute Gasteiger partial charge is 0.305 e. The van der Waals surface area contributed by atoms with Crippen LogP contribution in [0.2, 0.25) is 0 Å². The molecule has 1 fully saturated rings. The van der Waals surface area contributed by atoms with Crippen LogP contribution in [0.1, 0.15) is 43.4 Å². The lowest BCUT2D eigenvalue weighted by molar-refractivity contribution is -0.138. The normalized spacial score (nSPS) is 19.7. The number of carbonyl (C=O) groups is 2. The average molecular weight is 382 g/mol. The molecular weight excluding hydrogens is 356 g/mol. The van der Waals surface area contributed by atoms with Gasteiger partial charge in [-0.3, -0.25) is 9.59 Å². The summed E-state index contributed by atoms with van der Waals surface area (Å²) >= 11 is 0. The van der Waals surface area contributed by atoms with Crippen molar-refractivity contribution in [1.29, 1.82) is 0 Å². The summed E-state index contributed by atoms with van der Waals surface area (Å²) in [5.41, 5.74) is 1.66. The van der Waals surface area contributed by atoms with Gasteiger partial charge in [0.2, 0.25) is 15.9 Å². The number of aliphatic carboxylic acids is 1. The Bertz CT molecular complexity index is 763. The highest BCUT2D eigenvalue weighted by Crippen LogP contribution is 2.24. The van der Waals surface area contributed by atoms with Crippen molar-refractivity contribution >= 4 is 21.9 Å². The van der Waals surface area contributed by atoms with Gasteiger partial charge in [0.15, 0.2) is 0 Å². The first kappa shape index (κ1) is 20.4. The standard InChI is InChI=1S/C18H26N2O5S/c1-3-26(24,25)20-10-6-8-14(12-20)18(23)19-16(11-17(21)22)15-9-5-4-7-13(15)2/h4-5,7,9,14,16H,3,6,8,10-12H2,1-2H3,(H,19,23)(H,21,22). The number of carbonyl (C=O) groups excluding carboxylic acids is 1. The molecule has 2 N–H and O–H groups in total. The summed E-state index contributed by atoms with van der Waals surface area (Å²) in [6.45, 7) is 4.03. The average Bonchev–Trinajstić information content (AvgIpc) is 2.61. The fourth-order valence-electron chi connectivity index (χ4n) is 3.27. The van der Waals surface area contributed by atoms with Crippen LogP contribution in [0.4, 0.5) is 0 Å². The molecule has 1 saturated heterocycles. The minimum Gasteiger partial charge on any atom is -0.481 e. The molecule has 0 radical (unpaired) electrons. The van der Waals surface area contributed by atoms with E-state index in [0.717, 1.165) is 11.1 Å². The maximum absolute atomic E-state index is 12.7. The lowest BCUT2D eigenvalue weighted by Crippen LogP contribution is -2.46. The van der Waals surface area contributed by atoms with E-state index in [2.05, 4.69) is 5.32 Å². The molecule has 26 heavy (non-hydrogen) atoms. The van der Waals surface area contributed by atoms with Crippen LogP contribution in [-0.4, -0.2) is 48.5 Å². The molecule has 1 aromatic carbocycles. The molecule has 0 aliphatic carbocycles. The zero-order valence-corrected chi connectivity index (χ0v) is 16.0. The Kier molecular flexibility index (Phi) is 6.77. The van der Waals surface area contributed by atoms with Crippen LogP contribution in [-0.2, 0) is 19.6 Å². The Labute approximate surface area is 154 Å². The number of carboxylic acids is 1. The van der Waals surface area contributed by atoms with Gasteiger partial charge < -0.3 is 10.4 Å². The molecular formula is C18H26N2O5S. The van der Waals surface area contributed by atoms with Gasteiger partial charge in [-0.05, 0) is 37.8 Å². The number of carboxylic acid groups (broad SMARTS) is 1. The van der Waals surface area contributed by atoms with Crippen molar-refractivity contribution in [2.45, 2.75) is 39.2 Å². The summed E-state index contributed by atoms with van der Waals surface area (Å²) < 4.78 is 25.5. The van der Waals surface area contributed by atoms with Crippen molar-refractivity contribution in [2.24, 2.45) is 5.92 Å².